The summed E-state index contributed by atoms with van der Waals surface area (Å²) in [5.74, 6) is -2.61. The van der Waals surface area contributed by atoms with E-state index in [9.17, 15) is 18.4 Å². The normalized spacial score (nSPS) is 11.0. The third kappa shape index (κ3) is 3.66. The molecule has 0 aliphatic carbocycles. The van der Waals surface area contributed by atoms with Crippen molar-refractivity contribution >= 4 is 33.1 Å². The van der Waals surface area contributed by atoms with Gasteiger partial charge in [-0.3, -0.25) is 14.2 Å². The number of hydrogen-bond acceptors (Lipinski definition) is 4. The van der Waals surface area contributed by atoms with E-state index in [-0.39, 0.29) is 17.8 Å². The molecule has 0 spiro atoms. The number of aryl methyl sites for hydroxylation is 1. The first kappa shape index (κ1) is 18.9. The van der Waals surface area contributed by atoms with Crippen LogP contribution >= 0.6 is 11.3 Å². The number of benzene rings is 2. The van der Waals surface area contributed by atoms with Crippen LogP contribution in [-0.2, 0) is 11.3 Å². The van der Waals surface area contributed by atoms with Gasteiger partial charge in [-0.1, -0.05) is 30.3 Å². The molecule has 2 aromatic heterocycles. The van der Waals surface area contributed by atoms with Gasteiger partial charge in [0.05, 0.1) is 11.7 Å². The number of aromatic nitrogens is 2. The fraction of sp³-hybridized carbons (Fsp3) is 0.0952. The first-order valence-corrected chi connectivity index (χ1v) is 9.54. The Balaban J connectivity index is 1.64. The molecule has 5 nitrogen and oxygen atoms in total. The molecule has 0 atom stereocenters. The summed E-state index contributed by atoms with van der Waals surface area (Å²) in [6, 6.07) is 12.7. The second-order valence-electron chi connectivity index (χ2n) is 6.46. The highest BCUT2D eigenvalue weighted by Crippen LogP contribution is 2.35. The molecule has 4 aromatic rings. The number of halogens is 2. The van der Waals surface area contributed by atoms with Gasteiger partial charge in [0.25, 0.3) is 5.56 Å². The summed E-state index contributed by atoms with van der Waals surface area (Å²) in [6.07, 6.45) is 1.32. The van der Waals surface area contributed by atoms with Crippen molar-refractivity contribution in [3.05, 3.63) is 82.4 Å². The molecule has 2 aromatic carbocycles. The van der Waals surface area contributed by atoms with Crippen molar-refractivity contribution in [1.82, 2.24) is 9.55 Å². The molecule has 1 N–H and O–H groups in total. The largest absolute Gasteiger partial charge is 0.324 e. The average molecular weight is 411 g/mol. The van der Waals surface area contributed by atoms with E-state index in [0.717, 1.165) is 28.1 Å². The molecule has 0 aliphatic rings. The zero-order valence-corrected chi connectivity index (χ0v) is 16.1. The van der Waals surface area contributed by atoms with E-state index in [2.05, 4.69) is 10.3 Å². The molecule has 0 bridgehead atoms. The zero-order chi connectivity index (χ0) is 20.5. The van der Waals surface area contributed by atoms with Crippen LogP contribution in [0.4, 0.5) is 14.5 Å². The predicted octanol–water partition coefficient (Wildman–Crippen LogP) is 4.35. The number of nitrogens with one attached hydrogen (secondary N) is 1. The molecule has 4 rings (SSSR count). The number of nitrogens with zero attached hydrogens (tertiary/aromatic N) is 2. The fourth-order valence-corrected chi connectivity index (χ4v) is 4.21. The van der Waals surface area contributed by atoms with E-state index in [4.69, 9.17) is 0 Å². The molecule has 0 aliphatic heterocycles. The Morgan fingerprint density at radius 1 is 1.14 bits per heavy atom. The number of fused-ring (bicyclic) bond motifs is 1. The lowest BCUT2D eigenvalue weighted by molar-refractivity contribution is -0.116. The predicted molar refractivity (Wildman–Crippen MR) is 109 cm³/mol. The van der Waals surface area contributed by atoms with Crippen LogP contribution in [0.5, 0.6) is 0 Å². The first-order chi connectivity index (χ1) is 13.9. The lowest BCUT2D eigenvalue weighted by Gasteiger charge is -2.08. The number of carbonyl (C=O) groups excluding carboxylic acids is 1. The van der Waals surface area contributed by atoms with E-state index >= 15 is 0 Å². The van der Waals surface area contributed by atoms with Gasteiger partial charge in [0.2, 0.25) is 5.91 Å². The fourth-order valence-electron chi connectivity index (χ4n) is 3.07. The van der Waals surface area contributed by atoms with Gasteiger partial charge in [0, 0.05) is 16.6 Å². The van der Waals surface area contributed by atoms with Gasteiger partial charge in [-0.2, -0.15) is 0 Å². The van der Waals surface area contributed by atoms with Crippen molar-refractivity contribution in [2.24, 2.45) is 0 Å². The average Bonchev–Trinajstić information content (AvgIpc) is 3.05. The monoisotopic (exact) mass is 411 g/mol. The lowest BCUT2D eigenvalue weighted by atomic mass is 10.1. The molecule has 0 saturated carbocycles. The number of carbonyl (C=O) groups is 1. The van der Waals surface area contributed by atoms with Gasteiger partial charge in [-0.25, -0.2) is 13.8 Å². The van der Waals surface area contributed by atoms with Gasteiger partial charge >= 0.3 is 0 Å². The number of anilines is 1. The first-order valence-electron chi connectivity index (χ1n) is 8.73. The van der Waals surface area contributed by atoms with Gasteiger partial charge in [0.1, 0.15) is 11.4 Å². The Kier molecular flexibility index (Phi) is 4.94. The van der Waals surface area contributed by atoms with Crippen LogP contribution in [0.2, 0.25) is 0 Å². The highest BCUT2D eigenvalue weighted by molar-refractivity contribution is 7.22. The Hall–Kier alpha value is -3.39. The lowest BCUT2D eigenvalue weighted by Crippen LogP contribution is -2.27. The van der Waals surface area contributed by atoms with Crippen LogP contribution in [0.25, 0.3) is 20.7 Å². The van der Waals surface area contributed by atoms with E-state index in [1.54, 1.807) is 0 Å². The number of rotatable bonds is 4. The molecule has 0 radical (unpaired) electrons. The Morgan fingerprint density at radius 3 is 2.62 bits per heavy atom. The highest BCUT2D eigenvalue weighted by atomic mass is 32.1. The molecule has 8 heteroatoms. The standard InChI is InChI=1S/C21H15F2N3O2S/c1-12-18-20(29-19(12)13-5-3-2-4-6-13)24-11-26(21(18)28)10-17(27)25-14-7-8-15(22)16(23)9-14/h2-9,11H,10H2,1H3,(H,25,27). The topological polar surface area (TPSA) is 64.0 Å². The van der Waals surface area contributed by atoms with Crippen LogP contribution in [0.15, 0.2) is 59.7 Å². The molecule has 1 amide bonds. The number of hydrogen-bond donors (Lipinski definition) is 1. The smallest absolute Gasteiger partial charge is 0.262 e. The van der Waals surface area contributed by atoms with Crippen LogP contribution in [0.3, 0.4) is 0 Å². The maximum atomic E-state index is 13.3. The van der Waals surface area contributed by atoms with E-state index in [0.29, 0.717) is 10.2 Å². The summed E-state index contributed by atoms with van der Waals surface area (Å²) >= 11 is 1.42. The summed E-state index contributed by atoms with van der Waals surface area (Å²) in [4.78, 5) is 31.1. The zero-order valence-electron chi connectivity index (χ0n) is 15.3. The van der Waals surface area contributed by atoms with Crippen molar-refractivity contribution in [1.29, 1.82) is 0 Å². The maximum Gasteiger partial charge on any atom is 0.262 e. The summed E-state index contributed by atoms with van der Waals surface area (Å²) in [6.45, 7) is 1.56. The van der Waals surface area contributed by atoms with Crippen molar-refractivity contribution in [3.63, 3.8) is 0 Å². The Bertz CT molecular complexity index is 1280. The summed E-state index contributed by atoms with van der Waals surface area (Å²) in [5, 5.41) is 2.92. The van der Waals surface area contributed by atoms with Gasteiger partial charge in [0.15, 0.2) is 11.6 Å². The second-order valence-corrected chi connectivity index (χ2v) is 7.46. The van der Waals surface area contributed by atoms with Crippen LogP contribution < -0.4 is 10.9 Å². The minimum absolute atomic E-state index is 0.106. The van der Waals surface area contributed by atoms with E-state index < -0.39 is 17.5 Å². The van der Waals surface area contributed by atoms with Crippen LogP contribution in [0, 0.1) is 18.6 Å². The van der Waals surface area contributed by atoms with Crippen LogP contribution in [0.1, 0.15) is 5.56 Å². The molecular weight excluding hydrogens is 396 g/mol. The van der Waals surface area contributed by atoms with Gasteiger partial charge in [-0.05, 0) is 30.2 Å². The quantitative estimate of drug-likeness (QED) is 0.543. The molecule has 29 heavy (non-hydrogen) atoms. The summed E-state index contributed by atoms with van der Waals surface area (Å²) in [5.41, 5.74) is 1.58. The van der Waals surface area contributed by atoms with Crippen molar-refractivity contribution in [2.45, 2.75) is 13.5 Å². The summed E-state index contributed by atoms with van der Waals surface area (Å²) < 4.78 is 27.5. The maximum absolute atomic E-state index is 13.3. The Morgan fingerprint density at radius 2 is 1.90 bits per heavy atom. The molecule has 0 unspecified atom stereocenters. The molecule has 2 heterocycles. The summed E-state index contributed by atoms with van der Waals surface area (Å²) in [7, 11) is 0. The SMILES string of the molecule is Cc1c(-c2ccccc2)sc2ncn(CC(=O)Nc3ccc(F)c(F)c3)c(=O)c12. The number of thiophene rings is 1. The minimum atomic E-state index is -1.06. The van der Waals surface area contributed by atoms with Crippen molar-refractivity contribution < 1.29 is 13.6 Å². The van der Waals surface area contributed by atoms with Gasteiger partial charge < -0.3 is 5.32 Å². The molecule has 0 saturated heterocycles. The second kappa shape index (κ2) is 7.56. The highest BCUT2D eigenvalue weighted by Gasteiger charge is 2.17. The van der Waals surface area contributed by atoms with Crippen LogP contribution in [-0.4, -0.2) is 15.5 Å². The van der Waals surface area contributed by atoms with E-state index in [1.165, 1.54) is 28.3 Å². The van der Waals surface area contributed by atoms with Crippen molar-refractivity contribution in [2.75, 3.05) is 5.32 Å². The minimum Gasteiger partial charge on any atom is -0.324 e. The Labute approximate surface area is 168 Å². The molecule has 146 valence electrons. The van der Waals surface area contributed by atoms with Gasteiger partial charge in [-0.15, -0.1) is 11.3 Å². The van der Waals surface area contributed by atoms with Crippen molar-refractivity contribution in [3.8, 4) is 10.4 Å². The molecule has 0 fully saturated rings. The number of amides is 1. The van der Waals surface area contributed by atoms with E-state index in [1.807, 2.05) is 37.3 Å². The third-order valence-corrected chi connectivity index (χ3v) is 5.72. The third-order valence-electron chi connectivity index (χ3n) is 4.47. The molecular formula is C21H15F2N3O2S.